The molecule has 0 saturated carbocycles. The van der Waals surface area contributed by atoms with Gasteiger partial charge in [0.05, 0.1) is 12.7 Å². The summed E-state index contributed by atoms with van der Waals surface area (Å²) in [4.78, 5) is 15.6. The molecule has 3 aliphatic rings. The number of rotatable bonds is 5. The third kappa shape index (κ3) is 4.74. The summed E-state index contributed by atoms with van der Waals surface area (Å²) in [6.45, 7) is 4.51. The fourth-order valence-electron chi connectivity index (χ4n) is 5.26. The minimum absolute atomic E-state index is 0.108. The van der Waals surface area contributed by atoms with Gasteiger partial charge in [-0.1, -0.05) is 24.6 Å². The first kappa shape index (κ1) is 21.6. The molecule has 4 heterocycles. The maximum absolute atomic E-state index is 13.5. The van der Waals surface area contributed by atoms with E-state index < -0.39 is 0 Å². The van der Waals surface area contributed by atoms with Crippen LogP contribution in [0.2, 0.25) is 0 Å². The molecule has 0 radical (unpaired) electrons. The number of ether oxygens (including phenoxy) is 2. The number of aromatic nitrogens is 3. The van der Waals surface area contributed by atoms with E-state index in [1.807, 2.05) is 29.2 Å². The SMILES string of the molecule is O=C(c1ccccc1COC1CCOCC1)N1CCCC(c2nnc3n2CCCCC3)C1. The second-order valence-electron chi connectivity index (χ2n) is 9.31. The summed E-state index contributed by atoms with van der Waals surface area (Å²) in [6.07, 6.45) is 8.78. The number of aryl methyl sites for hydroxylation is 1. The fraction of sp³-hybridized carbons (Fsp3) is 0.640. The van der Waals surface area contributed by atoms with Gasteiger partial charge in [-0.2, -0.15) is 0 Å². The van der Waals surface area contributed by atoms with Crippen molar-refractivity contribution in [2.24, 2.45) is 0 Å². The zero-order valence-corrected chi connectivity index (χ0v) is 18.9. The molecule has 32 heavy (non-hydrogen) atoms. The number of amides is 1. The highest BCUT2D eigenvalue weighted by Crippen LogP contribution is 2.29. The van der Waals surface area contributed by atoms with E-state index in [0.29, 0.717) is 13.2 Å². The molecule has 1 amide bonds. The summed E-state index contributed by atoms with van der Waals surface area (Å²) in [7, 11) is 0. The number of benzene rings is 1. The lowest BCUT2D eigenvalue weighted by Crippen LogP contribution is -2.40. The van der Waals surface area contributed by atoms with E-state index >= 15 is 0 Å². The molecular weight excluding hydrogens is 404 g/mol. The monoisotopic (exact) mass is 438 g/mol. The quantitative estimate of drug-likeness (QED) is 0.712. The summed E-state index contributed by atoms with van der Waals surface area (Å²) < 4.78 is 13.9. The number of piperidine rings is 1. The van der Waals surface area contributed by atoms with Gasteiger partial charge in [-0.3, -0.25) is 4.79 Å². The Morgan fingerprint density at radius 3 is 2.81 bits per heavy atom. The van der Waals surface area contributed by atoms with E-state index in [0.717, 1.165) is 81.2 Å². The molecule has 2 saturated heterocycles. The van der Waals surface area contributed by atoms with Crippen molar-refractivity contribution in [1.29, 1.82) is 0 Å². The van der Waals surface area contributed by atoms with Gasteiger partial charge in [0.1, 0.15) is 11.6 Å². The Labute approximate surface area is 190 Å². The first-order valence-corrected chi connectivity index (χ1v) is 12.3. The Hall–Kier alpha value is -2.25. The van der Waals surface area contributed by atoms with Crippen molar-refractivity contribution in [2.75, 3.05) is 26.3 Å². The maximum atomic E-state index is 13.5. The molecule has 0 aliphatic carbocycles. The van der Waals surface area contributed by atoms with Crippen molar-refractivity contribution in [3.05, 3.63) is 47.0 Å². The van der Waals surface area contributed by atoms with Crippen molar-refractivity contribution in [1.82, 2.24) is 19.7 Å². The van der Waals surface area contributed by atoms with Crippen molar-refractivity contribution in [3.8, 4) is 0 Å². The van der Waals surface area contributed by atoms with Gasteiger partial charge >= 0.3 is 0 Å². The summed E-state index contributed by atoms with van der Waals surface area (Å²) >= 11 is 0. The van der Waals surface area contributed by atoms with Crippen LogP contribution in [0.25, 0.3) is 0 Å². The van der Waals surface area contributed by atoms with Gasteiger partial charge in [-0.05, 0) is 50.2 Å². The van der Waals surface area contributed by atoms with Crippen LogP contribution in [0.5, 0.6) is 0 Å². The third-order valence-electron chi connectivity index (χ3n) is 7.10. The van der Waals surface area contributed by atoms with Crippen LogP contribution in [-0.2, 0) is 29.0 Å². The molecule has 7 nitrogen and oxygen atoms in total. The smallest absolute Gasteiger partial charge is 0.254 e. The van der Waals surface area contributed by atoms with Crippen LogP contribution < -0.4 is 0 Å². The fourth-order valence-corrected chi connectivity index (χ4v) is 5.26. The Morgan fingerprint density at radius 2 is 1.91 bits per heavy atom. The Bertz CT molecular complexity index is 922. The van der Waals surface area contributed by atoms with Gasteiger partial charge in [-0.25, -0.2) is 0 Å². The van der Waals surface area contributed by atoms with Gasteiger partial charge in [0.25, 0.3) is 5.91 Å². The van der Waals surface area contributed by atoms with E-state index in [1.165, 1.54) is 19.3 Å². The predicted octanol–water partition coefficient (Wildman–Crippen LogP) is 3.72. The van der Waals surface area contributed by atoms with Gasteiger partial charge in [0, 0.05) is 50.8 Å². The molecular formula is C25H34N4O3. The van der Waals surface area contributed by atoms with E-state index in [-0.39, 0.29) is 17.9 Å². The molecule has 172 valence electrons. The molecule has 5 rings (SSSR count). The standard InChI is InChI=1S/C25H34N4O3/c30-25(22-9-4-3-7-20(22)18-32-21-11-15-31-16-12-21)28-13-6-8-19(17-28)24-27-26-23-10-2-1-5-14-29(23)24/h3-4,7,9,19,21H,1-2,5-6,8,10-18H2. The lowest BCUT2D eigenvalue weighted by Gasteiger charge is -2.33. The predicted molar refractivity (Wildman–Crippen MR) is 121 cm³/mol. The van der Waals surface area contributed by atoms with Gasteiger partial charge in [0.15, 0.2) is 0 Å². The Kier molecular flexibility index (Phi) is 6.83. The van der Waals surface area contributed by atoms with E-state index in [1.54, 1.807) is 0 Å². The van der Waals surface area contributed by atoms with E-state index in [9.17, 15) is 4.79 Å². The van der Waals surface area contributed by atoms with Crippen LogP contribution in [0.1, 0.15) is 78.4 Å². The average Bonchev–Trinajstić information content (AvgIpc) is 3.11. The molecule has 7 heteroatoms. The van der Waals surface area contributed by atoms with Crippen molar-refractivity contribution in [3.63, 3.8) is 0 Å². The molecule has 0 bridgehead atoms. The van der Waals surface area contributed by atoms with Crippen LogP contribution >= 0.6 is 0 Å². The lowest BCUT2D eigenvalue weighted by atomic mass is 9.95. The topological polar surface area (TPSA) is 69.5 Å². The van der Waals surface area contributed by atoms with Gasteiger partial charge in [0.2, 0.25) is 0 Å². The number of hydrogen-bond acceptors (Lipinski definition) is 5. The zero-order chi connectivity index (χ0) is 21.8. The maximum Gasteiger partial charge on any atom is 0.254 e. The summed E-state index contributed by atoms with van der Waals surface area (Å²) in [5.74, 6) is 2.57. The number of fused-ring (bicyclic) bond motifs is 1. The number of likely N-dealkylation sites (tertiary alicyclic amines) is 1. The van der Waals surface area contributed by atoms with Gasteiger partial charge < -0.3 is 18.9 Å². The Balaban J connectivity index is 1.28. The number of carbonyl (C=O) groups excluding carboxylic acids is 1. The van der Waals surface area contributed by atoms with Crippen LogP contribution in [0.4, 0.5) is 0 Å². The minimum atomic E-state index is 0.108. The van der Waals surface area contributed by atoms with Crippen molar-refractivity contribution >= 4 is 5.91 Å². The molecule has 1 aromatic heterocycles. The molecule has 2 fully saturated rings. The summed E-state index contributed by atoms with van der Waals surface area (Å²) in [6, 6.07) is 7.90. The summed E-state index contributed by atoms with van der Waals surface area (Å²) in [5.41, 5.74) is 1.74. The molecule has 1 atom stereocenters. The normalized spacial score (nSPS) is 22.4. The number of hydrogen-bond donors (Lipinski definition) is 0. The van der Waals surface area contributed by atoms with Crippen molar-refractivity contribution < 1.29 is 14.3 Å². The highest BCUT2D eigenvalue weighted by Gasteiger charge is 2.30. The van der Waals surface area contributed by atoms with E-state index in [4.69, 9.17) is 9.47 Å². The molecule has 1 aromatic carbocycles. The second-order valence-corrected chi connectivity index (χ2v) is 9.31. The molecule has 1 unspecified atom stereocenters. The highest BCUT2D eigenvalue weighted by atomic mass is 16.5. The molecule has 2 aromatic rings. The molecule has 0 N–H and O–H groups in total. The first-order chi connectivity index (χ1) is 15.8. The Morgan fingerprint density at radius 1 is 1.03 bits per heavy atom. The average molecular weight is 439 g/mol. The summed E-state index contributed by atoms with van der Waals surface area (Å²) in [5, 5.41) is 9.06. The van der Waals surface area contributed by atoms with Crippen LogP contribution in [0, 0.1) is 0 Å². The highest BCUT2D eigenvalue weighted by molar-refractivity contribution is 5.95. The third-order valence-corrected chi connectivity index (χ3v) is 7.10. The van der Waals surface area contributed by atoms with Crippen LogP contribution in [0.15, 0.2) is 24.3 Å². The van der Waals surface area contributed by atoms with Crippen LogP contribution in [-0.4, -0.2) is 58.0 Å². The van der Waals surface area contributed by atoms with Crippen LogP contribution in [0.3, 0.4) is 0 Å². The zero-order valence-electron chi connectivity index (χ0n) is 18.9. The van der Waals surface area contributed by atoms with Gasteiger partial charge in [-0.15, -0.1) is 10.2 Å². The van der Waals surface area contributed by atoms with E-state index in [2.05, 4.69) is 14.8 Å². The van der Waals surface area contributed by atoms with Crippen molar-refractivity contribution in [2.45, 2.75) is 76.5 Å². The number of nitrogens with zero attached hydrogens (tertiary/aromatic N) is 4. The molecule has 0 spiro atoms. The number of carbonyl (C=O) groups is 1. The second kappa shape index (κ2) is 10.1. The minimum Gasteiger partial charge on any atom is -0.381 e. The largest absolute Gasteiger partial charge is 0.381 e. The molecule has 3 aliphatic heterocycles. The first-order valence-electron chi connectivity index (χ1n) is 12.3. The lowest BCUT2D eigenvalue weighted by molar-refractivity contribution is -0.0392.